The Morgan fingerprint density at radius 2 is 1.75 bits per heavy atom. The Morgan fingerprint density at radius 3 is 2.39 bits per heavy atom. The van der Waals surface area contributed by atoms with Crippen molar-refractivity contribution in [2.45, 2.75) is 25.1 Å². The summed E-state index contributed by atoms with van der Waals surface area (Å²) in [6, 6.07) is 10.4. The minimum absolute atomic E-state index is 0.0965. The Kier molecular flexibility index (Phi) is 3.50. The fourth-order valence-corrected chi connectivity index (χ4v) is 3.62. The number of anilines is 2. The number of amides is 1. The van der Waals surface area contributed by atoms with Crippen LogP contribution in [0.3, 0.4) is 0 Å². The number of fused-ring (bicyclic) bond motifs is 2. The zero-order chi connectivity index (χ0) is 19.5. The van der Waals surface area contributed by atoms with Gasteiger partial charge in [0.1, 0.15) is 17.8 Å². The standard InChI is InChI=1S/C20H18F2N2O4/c1-19(18(25)23-12-3-5-13(6-4-12)24-7-2-8-24)11-26-15-10-17-16(9-14(15)19)27-20(21,22)28-17/h3-6,9-10H,2,7-8,11H2,1H3,(H,23,25). The third-order valence-electron chi connectivity index (χ3n) is 5.46. The van der Waals surface area contributed by atoms with Gasteiger partial charge >= 0.3 is 6.29 Å². The number of ether oxygens (including phenoxy) is 3. The quantitative estimate of drug-likeness (QED) is 0.872. The topological polar surface area (TPSA) is 60.0 Å². The molecule has 2 aromatic carbocycles. The molecule has 0 aromatic heterocycles. The molecule has 0 saturated carbocycles. The molecule has 0 radical (unpaired) electrons. The van der Waals surface area contributed by atoms with E-state index in [1.807, 2.05) is 24.3 Å². The van der Waals surface area contributed by atoms with E-state index >= 15 is 0 Å². The average Bonchev–Trinajstić information content (AvgIpc) is 3.08. The summed E-state index contributed by atoms with van der Waals surface area (Å²) in [4.78, 5) is 15.2. The van der Waals surface area contributed by atoms with Crippen molar-refractivity contribution in [1.29, 1.82) is 0 Å². The third kappa shape index (κ3) is 2.63. The predicted molar refractivity (Wildman–Crippen MR) is 97.4 cm³/mol. The van der Waals surface area contributed by atoms with E-state index in [0.717, 1.165) is 18.8 Å². The summed E-state index contributed by atoms with van der Waals surface area (Å²) in [6.07, 6.45) is -2.52. The molecule has 1 saturated heterocycles. The van der Waals surface area contributed by atoms with Gasteiger partial charge in [0.25, 0.3) is 0 Å². The molecule has 1 unspecified atom stereocenters. The van der Waals surface area contributed by atoms with Gasteiger partial charge in [-0.3, -0.25) is 4.79 Å². The number of alkyl halides is 2. The lowest BCUT2D eigenvalue weighted by molar-refractivity contribution is -0.286. The maximum absolute atomic E-state index is 13.3. The summed E-state index contributed by atoms with van der Waals surface area (Å²) < 4.78 is 41.2. The first-order valence-electron chi connectivity index (χ1n) is 9.08. The second-order valence-corrected chi connectivity index (χ2v) is 7.42. The van der Waals surface area contributed by atoms with Crippen LogP contribution in [0.2, 0.25) is 0 Å². The van der Waals surface area contributed by atoms with Gasteiger partial charge in [0.2, 0.25) is 5.91 Å². The van der Waals surface area contributed by atoms with Crippen LogP contribution in [0, 0.1) is 0 Å². The van der Waals surface area contributed by atoms with E-state index in [1.165, 1.54) is 18.6 Å². The van der Waals surface area contributed by atoms with Crippen LogP contribution in [0.25, 0.3) is 0 Å². The molecule has 1 atom stereocenters. The second kappa shape index (κ2) is 5.73. The van der Waals surface area contributed by atoms with Gasteiger partial charge < -0.3 is 24.4 Å². The number of benzene rings is 2. The van der Waals surface area contributed by atoms with Crippen LogP contribution in [0.4, 0.5) is 20.2 Å². The largest absolute Gasteiger partial charge is 0.586 e. The highest BCUT2D eigenvalue weighted by atomic mass is 19.3. The van der Waals surface area contributed by atoms with Gasteiger partial charge in [-0.1, -0.05) is 0 Å². The summed E-state index contributed by atoms with van der Waals surface area (Å²) in [5.41, 5.74) is 1.24. The van der Waals surface area contributed by atoms with Gasteiger partial charge in [0, 0.05) is 36.1 Å². The Bertz CT molecular complexity index is 959. The van der Waals surface area contributed by atoms with Crippen molar-refractivity contribution in [3.05, 3.63) is 42.0 Å². The minimum Gasteiger partial charge on any atom is -0.492 e. The zero-order valence-electron chi connectivity index (χ0n) is 15.1. The molecule has 3 heterocycles. The highest BCUT2D eigenvalue weighted by Gasteiger charge is 2.48. The normalized spacial score (nSPS) is 23.6. The first kappa shape index (κ1) is 17.1. The second-order valence-electron chi connectivity index (χ2n) is 7.42. The van der Waals surface area contributed by atoms with Crippen molar-refractivity contribution < 1.29 is 27.8 Å². The lowest BCUT2D eigenvalue weighted by Crippen LogP contribution is -2.39. The number of hydrogen-bond acceptors (Lipinski definition) is 5. The number of nitrogens with zero attached hydrogens (tertiary/aromatic N) is 1. The van der Waals surface area contributed by atoms with Crippen LogP contribution in [0.15, 0.2) is 36.4 Å². The maximum atomic E-state index is 13.3. The summed E-state index contributed by atoms with van der Waals surface area (Å²) in [7, 11) is 0. The van der Waals surface area contributed by atoms with Gasteiger partial charge in [-0.05, 0) is 43.7 Å². The molecule has 2 aromatic rings. The molecule has 3 aliphatic heterocycles. The van der Waals surface area contributed by atoms with E-state index in [2.05, 4.69) is 19.7 Å². The highest BCUT2D eigenvalue weighted by Crippen LogP contribution is 2.50. The monoisotopic (exact) mass is 388 g/mol. The van der Waals surface area contributed by atoms with Crippen molar-refractivity contribution in [2.75, 3.05) is 29.9 Å². The van der Waals surface area contributed by atoms with Crippen LogP contribution in [0.1, 0.15) is 18.9 Å². The van der Waals surface area contributed by atoms with Crippen LogP contribution in [-0.4, -0.2) is 31.9 Å². The molecule has 0 spiro atoms. The van der Waals surface area contributed by atoms with E-state index in [9.17, 15) is 13.6 Å². The lowest BCUT2D eigenvalue weighted by Gasteiger charge is -2.33. The van der Waals surface area contributed by atoms with Gasteiger partial charge in [0.05, 0.1) is 0 Å². The number of carbonyl (C=O) groups excluding carboxylic acids is 1. The summed E-state index contributed by atoms with van der Waals surface area (Å²) >= 11 is 0. The number of hydrogen-bond donors (Lipinski definition) is 1. The summed E-state index contributed by atoms with van der Waals surface area (Å²) in [5.74, 6) is -0.151. The SMILES string of the molecule is CC1(C(=O)Nc2ccc(N3CCC3)cc2)COc2cc3c(cc21)OC(F)(F)O3. The number of rotatable bonds is 3. The van der Waals surface area contributed by atoms with Crippen LogP contribution >= 0.6 is 0 Å². The maximum Gasteiger partial charge on any atom is 0.586 e. The Morgan fingerprint density at radius 1 is 1.07 bits per heavy atom. The smallest absolute Gasteiger partial charge is 0.492 e. The Balaban J connectivity index is 1.38. The van der Waals surface area contributed by atoms with E-state index < -0.39 is 11.7 Å². The molecule has 5 rings (SSSR count). The van der Waals surface area contributed by atoms with Gasteiger partial charge in [0.15, 0.2) is 11.5 Å². The number of carbonyl (C=O) groups is 1. The van der Waals surface area contributed by atoms with Crippen LogP contribution in [0.5, 0.6) is 17.2 Å². The zero-order valence-corrected chi connectivity index (χ0v) is 15.1. The molecule has 6 nitrogen and oxygen atoms in total. The Labute approximate surface area is 160 Å². The molecular formula is C20H18F2N2O4. The first-order valence-corrected chi connectivity index (χ1v) is 9.08. The lowest BCUT2D eigenvalue weighted by atomic mass is 9.83. The summed E-state index contributed by atoms with van der Waals surface area (Å²) in [5, 5.41) is 2.89. The van der Waals surface area contributed by atoms with Crippen LogP contribution in [-0.2, 0) is 10.2 Å². The predicted octanol–water partition coefficient (Wildman–Crippen LogP) is 3.51. The minimum atomic E-state index is -3.71. The van der Waals surface area contributed by atoms with Crippen molar-refractivity contribution in [3.8, 4) is 17.2 Å². The Hall–Kier alpha value is -3.03. The van der Waals surface area contributed by atoms with E-state index in [-0.39, 0.29) is 24.0 Å². The molecule has 8 heteroatoms. The highest BCUT2D eigenvalue weighted by molar-refractivity contribution is 6.00. The number of nitrogens with one attached hydrogen (secondary N) is 1. The number of halogens is 2. The first-order chi connectivity index (χ1) is 13.3. The molecule has 146 valence electrons. The van der Waals surface area contributed by atoms with E-state index in [0.29, 0.717) is 17.0 Å². The molecule has 1 fully saturated rings. The summed E-state index contributed by atoms with van der Waals surface area (Å²) in [6.45, 7) is 3.91. The van der Waals surface area contributed by atoms with Crippen molar-refractivity contribution in [2.24, 2.45) is 0 Å². The van der Waals surface area contributed by atoms with Gasteiger partial charge in [-0.25, -0.2) is 0 Å². The molecule has 3 aliphatic rings. The van der Waals surface area contributed by atoms with E-state index in [1.54, 1.807) is 6.92 Å². The van der Waals surface area contributed by atoms with Crippen molar-refractivity contribution in [1.82, 2.24) is 0 Å². The van der Waals surface area contributed by atoms with Gasteiger partial charge in [-0.2, -0.15) is 0 Å². The molecule has 0 bridgehead atoms. The van der Waals surface area contributed by atoms with Crippen molar-refractivity contribution >= 4 is 17.3 Å². The fourth-order valence-electron chi connectivity index (χ4n) is 3.62. The van der Waals surface area contributed by atoms with Crippen LogP contribution < -0.4 is 24.4 Å². The van der Waals surface area contributed by atoms with Crippen molar-refractivity contribution in [3.63, 3.8) is 0 Å². The van der Waals surface area contributed by atoms with E-state index in [4.69, 9.17) is 4.74 Å². The third-order valence-corrected chi connectivity index (χ3v) is 5.46. The van der Waals surface area contributed by atoms with Gasteiger partial charge in [-0.15, -0.1) is 8.78 Å². The molecule has 28 heavy (non-hydrogen) atoms. The molecular weight excluding hydrogens is 370 g/mol. The molecule has 1 N–H and O–H groups in total. The molecule has 0 aliphatic carbocycles. The molecule has 1 amide bonds. The fraction of sp³-hybridized carbons (Fsp3) is 0.350. The average molecular weight is 388 g/mol.